The number of thiazole rings is 1. The van der Waals surface area contributed by atoms with E-state index >= 15 is 0 Å². The highest BCUT2D eigenvalue weighted by Gasteiger charge is 2.40. The van der Waals surface area contributed by atoms with E-state index in [1.165, 1.54) is 25.7 Å². The first-order valence-corrected chi connectivity index (χ1v) is 7.80. The van der Waals surface area contributed by atoms with Crippen LogP contribution in [0.15, 0.2) is 10.2 Å². The van der Waals surface area contributed by atoms with Gasteiger partial charge in [-0.1, -0.05) is 11.3 Å². The van der Waals surface area contributed by atoms with Gasteiger partial charge in [-0.05, 0) is 44.7 Å². The number of nitrogens with one attached hydrogen (secondary N) is 2. The molecule has 6 heteroatoms. The zero-order chi connectivity index (χ0) is 13.2. The lowest BCUT2D eigenvalue weighted by Crippen LogP contribution is -2.47. The number of carbonyl (C=O) groups is 1. The zero-order valence-corrected chi connectivity index (χ0v) is 11.7. The smallest absolute Gasteiger partial charge is 0.304 e. The standard InChI is InChI=1S/C13H19N3O2S/c17-12(14-7-10-8-19-13(18)15-10)11(9-3-4-9)16-5-1-2-6-16/h8-9,11H,1-7H2,(H,14,17)(H,15,18). The lowest BCUT2D eigenvalue weighted by Gasteiger charge is -2.26. The second-order valence-electron chi connectivity index (χ2n) is 5.42. The largest absolute Gasteiger partial charge is 0.349 e. The highest BCUT2D eigenvalue weighted by Crippen LogP contribution is 2.36. The van der Waals surface area contributed by atoms with Gasteiger partial charge in [0.1, 0.15) is 0 Å². The van der Waals surface area contributed by atoms with Gasteiger partial charge in [-0.2, -0.15) is 0 Å². The van der Waals surface area contributed by atoms with E-state index in [0.29, 0.717) is 12.5 Å². The summed E-state index contributed by atoms with van der Waals surface area (Å²) in [6, 6.07) is 0.0489. The SMILES string of the molecule is O=C(NCc1csc(=O)[nH]1)C(C1CC1)N1CCCC1. The van der Waals surface area contributed by atoms with Crippen molar-refractivity contribution in [3.05, 3.63) is 20.7 Å². The number of aromatic amines is 1. The van der Waals surface area contributed by atoms with Crippen LogP contribution >= 0.6 is 11.3 Å². The third kappa shape index (κ3) is 3.06. The Morgan fingerprint density at radius 1 is 1.47 bits per heavy atom. The molecule has 1 aromatic rings. The van der Waals surface area contributed by atoms with Crippen molar-refractivity contribution in [1.29, 1.82) is 0 Å². The number of hydrogen-bond donors (Lipinski definition) is 2. The molecule has 1 aliphatic heterocycles. The number of aromatic nitrogens is 1. The molecule has 2 fully saturated rings. The molecule has 1 atom stereocenters. The molecule has 1 amide bonds. The van der Waals surface area contributed by atoms with Crippen LogP contribution in [0, 0.1) is 5.92 Å². The normalized spacial score (nSPS) is 21.5. The van der Waals surface area contributed by atoms with Crippen LogP contribution < -0.4 is 10.2 Å². The van der Waals surface area contributed by atoms with Crippen molar-refractivity contribution in [1.82, 2.24) is 15.2 Å². The Morgan fingerprint density at radius 2 is 2.21 bits per heavy atom. The molecule has 2 N–H and O–H groups in total. The number of nitrogens with zero attached hydrogens (tertiary/aromatic N) is 1. The van der Waals surface area contributed by atoms with Gasteiger partial charge in [0.25, 0.3) is 0 Å². The lowest BCUT2D eigenvalue weighted by atomic mass is 10.1. The van der Waals surface area contributed by atoms with Crippen molar-refractivity contribution in [3.8, 4) is 0 Å². The summed E-state index contributed by atoms with van der Waals surface area (Å²) in [6.45, 7) is 2.52. The van der Waals surface area contributed by atoms with Crippen LogP contribution in [0.25, 0.3) is 0 Å². The first-order chi connectivity index (χ1) is 9.24. The number of carbonyl (C=O) groups excluding carboxylic acids is 1. The molecular weight excluding hydrogens is 262 g/mol. The molecule has 1 aliphatic carbocycles. The Kier molecular flexibility index (Phi) is 3.70. The van der Waals surface area contributed by atoms with E-state index in [9.17, 15) is 9.59 Å². The molecule has 0 bridgehead atoms. The Bertz CT molecular complexity index is 500. The van der Waals surface area contributed by atoms with Crippen LogP contribution in [0.4, 0.5) is 0 Å². The molecule has 3 rings (SSSR count). The van der Waals surface area contributed by atoms with Crippen molar-refractivity contribution in [3.63, 3.8) is 0 Å². The number of amides is 1. The molecule has 1 saturated carbocycles. The molecule has 19 heavy (non-hydrogen) atoms. The fraction of sp³-hybridized carbons (Fsp3) is 0.692. The van der Waals surface area contributed by atoms with E-state index < -0.39 is 0 Å². The summed E-state index contributed by atoms with van der Waals surface area (Å²) in [5.41, 5.74) is 0.791. The van der Waals surface area contributed by atoms with Crippen LogP contribution in [-0.4, -0.2) is 34.9 Å². The Balaban J connectivity index is 1.59. The molecular formula is C13H19N3O2S. The summed E-state index contributed by atoms with van der Waals surface area (Å²) in [5.74, 6) is 0.663. The van der Waals surface area contributed by atoms with Crippen LogP contribution in [0.3, 0.4) is 0 Å². The van der Waals surface area contributed by atoms with Crippen LogP contribution in [0.2, 0.25) is 0 Å². The Morgan fingerprint density at radius 3 is 2.79 bits per heavy atom. The minimum absolute atomic E-state index is 0.0489. The third-order valence-corrected chi connectivity index (χ3v) is 4.61. The molecule has 104 valence electrons. The van der Waals surface area contributed by atoms with Gasteiger partial charge in [-0.25, -0.2) is 0 Å². The van der Waals surface area contributed by atoms with Gasteiger partial charge in [0.15, 0.2) is 0 Å². The summed E-state index contributed by atoms with van der Waals surface area (Å²) in [4.78, 5) is 28.4. The van der Waals surface area contributed by atoms with Crippen LogP contribution in [0.1, 0.15) is 31.4 Å². The zero-order valence-electron chi connectivity index (χ0n) is 10.9. The van der Waals surface area contributed by atoms with E-state index in [1.54, 1.807) is 5.38 Å². The van der Waals surface area contributed by atoms with E-state index in [0.717, 1.165) is 30.1 Å². The predicted octanol–water partition coefficient (Wildman–Crippen LogP) is 0.927. The van der Waals surface area contributed by atoms with Gasteiger partial charge in [-0.3, -0.25) is 14.5 Å². The van der Waals surface area contributed by atoms with Crippen molar-refractivity contribution in [2.45, 2.75) is 38.3 Å². The van der Waals surface area contributed by atoms with Gasteiger partial charge in [-0.15, -0.1) is 0 Å². The maximum atomic E-state index is 12.4. The Labute approximate surface area is 116 Å². The molecule has 1 unspecified atom stereocenters. The summed E-state index contributed by atoms with van der Waals surface area (Å²) in [6.07, 6.45) is 4.75. The second kappa shape index (κ2) is 5.46. The van der Waals surface area contributed by atoms with E-state index in [1.807, 2.05) is 0 Å². The number of H-pyrrole nitrogens is 1. The summed E-state index contributed by atoms with van der Waals surface area (Å²) >= 11 is 1.14. The van der Waals surface area contributed by atoms with Gasteiger partial charge >= 0.3 is 4.87 Å². The third-order valence-electron chi connectivity index (χ3n) is 3.90. The maximum absolute atomic E-state index is 12.4. The minimum Gasteiger partial charge on any atom is -0.349 e. The predicted molar refractivity (Wildman–Crippen MR) is 74.1 cm³/mol. The first kappa shape index (κ1) is 12.9. The highest BCUT2D eigenvalue weighted by molar-refractivity contribution is 7.07. The van der Waals surface area contributed by atoms with Crippen molar-refractivity contribution >= 4 is 17.2 Å². The van der Waals surface area contributed by atoms with E-state index in [4.69, 9.17) is 0 Å². The number of likely N-dealkylation sites (tertiary alicyclic amines) is 1. The summed E-state index contributed by atoms with van der Waals surface area (Å²) < 4.78 is 0. The van der Waals surface area contributed by atoms with Gasteiger partial charge in [0.05, 0.1) is 12.6 Å². The van der Waals surface area contributed by atoms with Gasteiger partial charge in [0.2, 0.25) is 5.91 Å². The molecule has 1 aromatic heterocycles. The summed E-state index contributed by atoms with van der Waals surface area (Å²) in [7, 11) is 0. The molecule has 0 aromatic carbocycles. The summed E-state index contributed by atoms with van der Waals surface area (Å²) in [5, 5.41) is 4.73. The monoisotopic (exact) mass is 281 g/mol. The van der Waals surface area contributed by atoms with E-state index in [2.05, 4.69) is 15.2 Å². The first-order valence-electron chi connectivity index (χ1n) is 6.92. The number of hydrogen-bond acceptors (Lipinski definition) is 4. The topological polar surface area (TPSA) is 65.2 Å². The molecule has 2 heterocycles. The van der Waals surface area contributed by atoms with Crippen molar-refractivity contribution in [2.24, 2.45) is 5.92 Å². The average Bonchev–Trinajstić information content (AvgIpc) is 2.89. The van der Waals surface area contributed by atoms with E-state index in [-0.39, 0.29) is 16.8 Å². The van der Waals surface area contributed by atoms with Crippen molar-refractivity contribution < 1.29 is 4.79 Å². The molecule has 1 saturated heterocycles. The quantitative estimate of drug-likeness (QED) is 0.844. The van der Waals surface area contributed by atoms with Gasteiger partial charge in [0, 0.05) is 11.1 Å². The average molecular weight is 281 g/mol. The second-order valence-corrected chi connectivity index (χ2v) is 6.26. The maximum Gasteiger partial charge on any atom is 0.304 e. The van der Waals surface area contributed by atoms with Gasteiger partial charge < -0.3 is 10.3 Å². The molecule has 0 radical (unpaired) electrons. The lowest BCUT2D eigenvalue weighted by molar-refractivity contribution is -0.127. The van der Waals surface area contributed by atoms with Crippen LogP contribution in [0.5, 0.6) is 0 Å². The highest BCUT2D eigenvalue weighted by atomic mass is 32.1. The van der Waals surface area contributed by atoms with Crippen LogP contribution in [-0.2, 0) is 11.3 Å². The van der Waals surface area contributed by atoms with Crippen molar-refractivity contribution in [2.75, 3.05) is 13.1 Å². The minimum atomic E-state index is -0.0671. The fourth-order valence-corrected chi connectivity index (χ4v) is 3.38. The number of rotatable bonds is 5. The molecule has 5 nitrogen and oxygen atoms in total. The molecule has 2 aliphatic rings. The Hall–Kier alpha value is -1.14. The fourth-order valence-electron chi connectivity index (χ4n) is 2.80. The molecule has 0 spiro atoms.